The molecule has 10 nitrogen and oxygen atoms in total. The van der Waals surface area contributed by atoms with Crippen LogP contribution in [-0.4, -0.2) is 19.9 Å². The van der Waals surface area contributed by atoms with Gasteiger partial charge >= 0.3 is 7.82 Å². The molecule has 12 heteroatoms. The van der Waals surface area contributed by atoms with Gasteiger partial charge < -0.3 is 19.0 Å². The van der Waals surface area contributed by atoms with E-state index in [-0.39, 0.29) is 5.82 Å². The summed E-state index contributed by atoms with van der Waals surface area (Å²) in [6.07, 6.45) is 3.56. The zero-order valence-corrected chi connectivity index (χ0v) is 17.9. The van der Waals surface area contributed by atoms with E-state index in [4.69, 9.17) is 24.8 Å². The molecule has 0 atom stereocenters. The molecule has 4 rings (SSSR count). The van der Waals surface area contributed by atoms with Gasteiger partial charge in [-0.25, -0.2) is 23.0 Å². The number of hydrogen-bond acceptors (Lipinski definition) is 7. The van der Waals surface area contributed by atoms with Crippen LogP contribution < -0.4 is 15.0 Å². The Morgan fingerprint density at radius 3 is 2.73 bits per heavy atom. The van der Waals surface area contributed by atoms with Crippen molar-refractivity contribution >= 4 is 13.6 Å². The second kappa shape index (κ2) is 9.47. The van der Waals surface area contributed by atoms with Crippen molar-refractivity contribution < 1.29 is 37.1 Å². The third-order valence-corrected chi connectivity index (χ3v) is 4.96. The molecule has 0 aliphatic carbocycles. The number of hydrogen-bond donors (Lipinski definition) is 3. The summed E-state index contributed by atoms with van der Waals surface area (Å²) in [5.74, 6) is 0.843. The zero-order valence-electron chi connectivity index (χ0n) is 17.0. The van der Waals surface area contributed by atoms with E-state index < -0.39 is 20.4 Å². The molecule has 0 saturated heterocycles. The Morgan fingerprint density at radius 1 is 1.15 bits per heavy atom. The Balaban J connectivity index is 1.44. The van der Waals surface area contributed by atoms with Crippen molar-refractivity contribution in [1.29, 1.82) is 0 Å². The summed E-state index contributed by atoms with van der Waals surface area (Å²) in [5, 5.41) is 4.05. The van der Waals surface area contributed by atoms with Gasteiger partial charge in [0.1, 0.15) is 17.1 Å². The van der Waals surface area contributed by atoms with Crippen molar-refractivity contribution in [2.75, 3.05) is 5.73 Å². The molecule has 3 aromatic heterocycles. The second-order valence-corrected chi connectivity index (χ2v) is 8.19. The van der Waals surface area contributed by atoms with Crippen molar-refractivity contribution in [1.82, 2.24) is 10.1 Å². The molecule has 0 aliphatic heterocycles. The van der Waals surface area contributed by atoms with Crippen LogP contribution in [0.3, 0.4) is 0 Å². The molecule has 0 radical (unpaired) electrons. The van der Waals surface area contributed by atoms with Gasteiger partial charge in [-0.05, 0) is 29.8 Å². The number of nitrogens with two attached hydrogens (primary N) is 1. The number of aromatic nitrogens is 3. The first-order valence-corrected chi connectivity index (χ1v) is 11.1. The normalized spacial score (nSPS) is 11.5. The maximum absolute atomic E-state index is 13.3. The van der Waals surface area contributed by atoms with Crippen LogP contribution in [0.1, 0.15) is 11.3 Å². The van der Waals surface area contributed by atoms with Crippen LogP contribution in [0.25, 0.3) is 11.3 Å². The first-order chi connectivity index (χ1) is 15.8. The van der Waals surface area contributed by atoms with Crippen molar-refractivity contribution in [2.45, 2.75) is 13.2 Å². The maximum atomic E-state index is 13.3. The molecule has 1 aromatic carbocycles. The number of nitrogen functional groups attached to an aromatic ring is 1. The molecule has 0 amide bonds. The van der Waals surface area contributed by atoms with E-state index in [1.165, 1.54) is 22.9 Å². The molecule has 0 bridgehead atoms. The van der Waals surface area contributed by atoms with Crippen LogP contribution in [0.5, 0.6) is 11.6 Å². The van der Waals surface area contributed by atoms with Gasteiger partial charge in [-0.1, -0.05) is 17.3 Å². The average Bonchev–Trinajstić information content (AvgIpc) is 3.22. The summed E-state index contributed by atoms with van der Waals surface area (Å²) >= 11 is 0. The van der Waals surface area contributed by atoms with Gasteiger partial charge in [0.25, 0.3) is 5.82 Å². The van der Waals surface area contributed by atoms with Crippen molar-refractivity contribution in [3.05, 3.63) is 84.1 Å². The lowest BCUT2D eigenvalue weighted by Crippen LogP contribution is -2.38. The number of phosphoric acid groups is 1. The van der Waals surface area contributed by atoms with Crippen LogP contribution in [0.15, 0.2) is 71.5 Å². The summed E-state index contributed by atoms with van der Waals surface area (Å²) < 4.78 is 41.0. The summed E-state index contributed by atoms with van der Waals surface area (Å²) in [4.78, 5) is 22.0. The summed E-state index contributed by atoms with van der Waals surface area (Å²) in [5.41, 5.74) is 8.04. The van der Waals surface area contributed by atoms with Gasteiger partial charge in [0.05, 0.1) is 11.9 Å². The highest BCUT2D eigenvalue weighted by atomic mass is 31.2. The van der Waals surface area contributed by atoms with E-state index >= 15 is 0 Å². The monoisotopic (exact) mass is 473 g/mol. The first kappa shape index (κ1) is 22.6. The van der Waals surface area contributed by atoms with Gasteiger partial charge in [-0.3, -0.25) is 5.73 Å². The number of ether oxygens (including phenoxy) is 1. The minimum atomic E-state index is -4.64. The largest absolute Gasteiger partial charge is 0.472 e. The first-order valence-electron chi connectivity index (χ1n) is 9.59. The smallest absolute Gasteiger partial charge is 0.439 e. The minimum absolute atomic E-state index is 0.189. The lowest BCUT2D eigenvalue weighted by atomic mass is 10.1. The summed E-state index contributed by atoms with van der Waals surface area (Å²) in [7, 11) is -4.64. The standard InChI is InChI=1S/C21H18FN4O6P/c22-15-3-1-4-17(10-15)31-20-7-6-14(12-24-20)9-16-11-19(32-25-16)18-5-2-8-26(21(18)23)13-30-33(27,28)29/h1-8,10-12,23H,9,13H2,(H2,27,28,29)/p+1. The highest BCUT2D eigenvalue weighted by Crippen LogP contribution is 2.35. The Kier molecular flexibility index (Phi) is 6.47. The molecule has 0 fully saturated rings. The molecule has 170 valence electrons. The van der Waals surface area contributed by atoms with Gasteiger partial charge in [-0.15, -0.1) is 0 Å². The number of benzene rings is 1. The van der Waals surface area contributed by atoms with Crippen LogP contribution in [0.2, 0.25) is 0 Å². The SMILES string of the molecule is Nc1c(-c2cc(Cc3ccc(Oc4cccc(F)c4)nc3)no2)ccc[n+]1COP(=O)(O)O. The molecule has 0 saturated carbocycles. The van der Waals surface area contributed by atoms with E-state index in [0.717, 1.165) is 5.56 Å². The van der Waals surface area contributed by atoms with Crippen LogP contribution in [-0.2, 0) is 22.2 Å². The van der Waals surface area contributed by atoms with Gasteiger partial charge in [0.15, 0.2) is 5.76 Å². The Morgan fingerprint density at radius 2 is 2.00 bits per heavy atom. The topological polar surface area (TPSA) is 145 Å². The number of halogens is 1. The molecule has 0 unspecified atom stereocenters. The van der Waals surface area contributed by atoms with E-state index in [9.17, 15) is 8.96 Å². The number of nitrogens with zero attached hydrogens (tertiary/aromatic N) is 3. The summed E-state index contributed by atoms with van der Waals surface area (Å²) in [6, 6.07) is 14.3. The third kappa shape index (κ3) is 5.99. The quantitative estimate of drug-likeness (QED) is 0.259. The Labute approximate surface area is 187 Å². The molecule has 0 spiro atoms. The van der Waals surface area contributed by atoms with Gasteiger partial charge in [-0.2, -0.15) is 0 Å². The van der Waals surface area contributed by atoms with E-state index in [0.29, 0.717) is 35.1 Å². The highest BCUT2D eigenvalue weighted by molar-refractivity contribution is 7.46. The predicted octanol–water partition coefficient (Wildman–Crippen LogP) is 3.20. The molecule has 33 heavy (non-hydrogen) atoms. The number of anilines is 1. The number of pyridine rings is 2. The van der Waals surface area contributed by atoms with E-state index in [1.807, 2.05) is 0 Å². The predicted molar refractivity (Wildman–Crippen MR) is 113 cm³/mol. The van der Waals surface area contributed by atoms with Gasteiger partial charge in [0.2, 0.25) is 12.6 Å². The van der Waals surface area contributed by atoms with Crippen LogP contribution >= 0.6 is 7.82 Å². The fourth-order valence-electron chi connectivity index (χ4n) is 2.98. The molecular weight excluding hydrogens is 454 g/mol. The maximum Gasteiger partial charge on any atom is 0.472 e. The fourth-order valence-corrected chi connectivity index (χ4v) is 3.26. The number of phosphoric ester groups is 1. The molecule has 4 aromatic rings. The molecule has 3 heterocycles. The third-order valence-electron chi connectivity index (χ3n) is 4.51. The van der Waals surface area contributed by atoms with E-state index in [1.54, 1.807) is 48.7 Å². The average molecular weight is 473 g/mol. The minimum Gasteiger partial charge on any atom is -0.439 e. The van der Waals surface area contributed by atoms with Crippen molar-refractivity contribution in [3.8, 4) is 23.0 Å². The van der Waals surface area contributed by atoms with E-state index in [2.05, 4.69) is 14.7 Å². The Bertz CT molecular complexity index is 1310. The fraction of sp³-hybridized carbons (Fsp3) is 0.0952. The zero-order chi connectivity index (χ0) is 23.4. The molecule has 0 aliphatic rings. The molecule has 4 N–H and O–H groups in total. The van der Waals surface area contributed by atoms with Crippen molar-refractivity contribution in [3.63, 3.8) is 0 Å². The second-order valence-electron chi connectivity index (χ2n) is 6.95. The lowest BCUT2D eigenvalue weighted by Gasteiger charge is -2.07. The van der Waals surface area contributed by atoms with Crippen molar-refractivity contribution in [2.24, 2.45) is 0 Å². The summed E-state index contributed by atoms with van der Waals surface area (Å²) in [6.45, 7) is -0.430. The van der Waals surface area contributed by atoms with Crippen LogP contribution in [0, 0.1) is 5.82 Å². The lowest BCUT2D eigenvalue weighted by molar-refractivity contribution is -0.711. The van der Waals surface area contributed by atoms with Gasteiger partial charge in [0, 0.05) is 30.8 Å². The number of rotatable bonds is 8. The Hall–Kier alpha value is -3.63. The van der Waals surface area contributed by atoms with Crippen LogP contribution in [0.4, 0.5) is 10.2 Å². The highest BCUT2D eigenvalue weighted by Gasteiger charge is 2.20. The molecular formula is C21H19FN4O6P+.